The largest absolute Gasteiger partial charge is 0.314 e. The fourth-order valence-corrected chi connectivity index (χ4v) is 3.34. The van der Waals surface area contributed by atoms with Gasteiger partial charge in [-0.15, -0.1) is 0 Å². The van der Waals surface area contributed by atoms with Crippen molar-refractivity contribution in [2.45, 2.75) is 12.6 Å². The van der Waals surface area contributed by atoms with Crippen LogP contribution in [0.5, 0.6) is 0 Å². The molecule has 4 rings (SSSR count). The van der Waals surface area contributed by atoms with Crippen LogP contribution in [0.4, 0.5) is 0 Å². The Morgan fingerprint density at radius 2 is 2.26 bits per heavy atom. The molecule has 5 nitrogen and oxygen atoms in total. The SMILES string of the molecule is Clc1cccc(C2CNCCN2Cc2cn3cccnc3n2)c1. The maximum Gasteiger partial charge on any atom is 0.233 e. The van der Waals surface area contributed by atoms with Gasteiger partial charge in [0.25, 0.3) is 0 Å². The van der Waals surface area contributed by atoms with Crippen LogP contribution in [0.1, 0.15) is 17.3 Å². The Balaban J connectivity index is 1.60. The molecule has 1 N–H and O–H groups in total. The topological polar surface area (TPSA) is 45.5 Å². The van der Waals surface area contributed by atoms with Crippen LogP contribution in [0, 0.1) is 0 Å². The van der Waals surface area contributed by atoms with Gasteiger partial charge in [0.05, 0.1) is 5.69 Å². The summed E-state index contributed by atoms with van der Waals surface area (Å²) in [7, 11) is 0. The van der Waals surface area contributed by atoms with E-state index >= 15 is 0 Å². The molecule has 0 saturated carbocycles. The normalized spacial score (nSPS) is 19.3. The van der Waals surface area contributed by atoms with Crippen LogP contribution in [-0.2, 0) is 6.54 Å². The van der Waals surface area contributed by atoms with Gasteiger partial charge in [-0.1, -0.05) is 23.7 Å². The Bertz CT molecular complexity index is 782. The molecule has 1 aliphatic heterocycles. The molecule has 0 aliphatic carbocycles. The Labute approximate surface area is 139 Å². The minimum absolute atomic E-state index is 0.306. The highest BCUT2D eigenvalue weighted by molar-refractivity contribution is 6.30. The second-order valence-electron chi connectivity index (χ2n) is 5.80. The maximum atomic E-state index is 6.16. The average Bonchev–Trinajstić information content (AvgIpc) is 2.97. The third-order valence-corrected chi connectivity index (χ3v) is 4.47. The fourth-order valence-electron chi connectivity index (χ4n) is 3.14. The molecule has 0 amide bonds. The average molecular weight is 328 g/mol. The number of rotatable bonds is 3. The summed E-state index contributed by atoms with van der Waals surface area (Å²) in [6.45, 7) is 3.70. The Morgan fingerprint density at radius 3 is 3.13 bits per heavy atom. The van der Waals surface area contributed by atoms with Crippen LogP contribution in [0.3, 0.4) is 0 Å². The zero-order valence-electron chi connectivity index (χ0n) is 12.7. The van der Waals surface area contributed by atoms with Gasteiger partial charge in [-0.3, -0.25) is 9.30 Å². The van der Waals surface area contributed by atoms with Crippen LogP contribution < -0.4 is 5.32 Å². The number of piperazine rings is 1. The van der Waals surface area contributed by atoms with E-state index in [0.29, 0.717) is 6.04 Å². The summed E-state index contributed by atoms with van der Waals surface area (Å²) < 4.78 is 1.96. The lowest BCUT2D eigenvalue weighted by molar-refractivity contribution is 0.152. The summed E-state index contributed by atoms with van der Waals surface area (Å²) >= 11 is 6.16. The van der Waals surface area contributed by atoms with E-state index in [1.807, 2.05) is 28.8 Å². The summed E-state index contributed by atoms with van der Waals surface area (Å²) in [5.41, 5.74) is 2.28. The Hall–Kier alpha value is -1.95. The smallest absolute Gasteiger partial charge is 0.233 e. The standard InChI is InChI=1S/C17H18ClN5/c18-14-4-1-3-13(9-14)16-10-19-6-8-22(16)11-15-12-23-7-2-5-20-17(23)21-15/h1-5,7,9,12,16,19H,6,8,10-11H2. The van der Waals surface area contributed by atoms with Gasteiger partial charge in [-0.2, -0.15) is 0 Å². The minimum atomic E-state index is 0.306. The van der Waals surface area contributed by atoms with Crippen LogP contribution in [0.25, 0.3) is 5.78 Å². The van der Waals surface area contributed by atoms with E-state index in [1.165, 1.54) is 5.56 Å². The molecule has 6 heteroatoms. The molecule has 0 bridgehead atoms. The number of fused-ring (bicyclic) bond motifs is 1. The highest BCUT2D eigenvalue weighted by atomic mass is 35.5. The second-order valence-corrected chi connectivity index (χ2v) is 6.24. The summed E-state index contributed by atoms with van der Waals surface area (Å²) in [5, 5.41) is 4.25. The van der Waals surface area contributed by atoms with Crippen molar-refractivity contribution in [3.05, 3.63) is 65.2 Å². The monoisotopic (exact) mass is 327 g/mol. The van der Waals surface area contributed by atoms with Crippen molar-refractivity contribution in [1.29, 1.82) is 0 Å². The molecule has 23 heavy (non-hydrogen) atoms. The predicted molar refractivity (Wildman–Crippen MR) is 90.5 cm³/mol. The molecule has 2 aromatic heterocycles. The predicted octanol–water partition coefficient (Wildman–Crippen LogP) is 2.53. The number of benzene rings is 1. The number of imidazole rings is 1. The van der Waals surface area contributed by atoms with E-state index in [1.54, 1.807) is 6.20 Å². The Morgan fingerprint density at radius 1 is 1.30 bits per heavy atom. The van der Waals surface area contributed by atoms with Gasteiger partial charge in [0.15, 0.2) is 0 Å². The van der Waals surface area contributed by atoms with Gasteiger partial charge in [-0.25, -0.2) is 9.97 Å². The van der Waals surface area contributed by atoms with Crippen LogP contribution >= 0.6 is 11.6 Å². The van der Waals surface area contributed by atoms with Crippen LogP contribution in [-0.4, -0.2) is 38.9 Å². The Kier molecular flexibility index (Phi) is 3.99. The molecule has 1 saturated heterocycles. The first kappa shape index (κ1) is 14.6. The molecule has 3 heterocycles. The highest BCUT2D eigenvalue weighted by Crippen LogP contribution is 2.26. The minimum Gasteiger partial charge on any atom is -0.314 e. The quantitative estimate of drug-likeness (QED) is 0.803. The van der Waals surface area contributed by atoms with Gasteiger partial charge >= 0.3 is 0 Å². The molecule has 1 fully saturated rings. The van der Waals surface area contributed by atoms with Gasteiger partial charge in [0, 0.05) is 55.8 Å². The van der Waals surface area contributed by atoms with Crippen LogP contribution in [0.15, 0.2) is 48.9 Å². The highest BCUT2D eigenvalue weighted by Gasteiger charge is 2.24. The van der Waals surface area contributed by atoms with Gasteiger partial charge in [0.1, 0.15) is 0 Å². The van der Waals surface area contributed by atoms with E-state index in [-0.39, 0.29) is 0 Å². The molecule has 1 aromatic carbocycles. The molecule has 118 valence electrons. The second kappa shape index (κ2) is 6.28. The summed E-state index contributed by atoms with van der Waals surface area (Å²) in [6.07, 6.45) is 5.80. The van der Waals surface area contributed by atoms with Crippen molar-refractivity contribution in [3.8, 4) is 0 Å². The van der Waals surface area contributed by atoms with Gasteiger partial charge in [0.2, 0.25) is 5.78 Å². The van der Waals surface area contributed by atoms with E-state index in [9.17, 15) is 0 Å². The van der Waals surface area contributed by atoms with Gasteiger partial charge in [-0.05, 0) is 23.8 Å². The number of nitrogens with one attached hydrogen (secondary N) is 1. The first-order chi connectivity index (χ1) is 11.3. The molecular weight excluding hydrogens is 310 g/mol. The maximum absolute atomic E-state index is 6.16. The number of nitrogens with zero attached hydrogens (tertiary/aromatic N) is 4. The molecule has 1 aliphatic rings. The van der Waals surface area contributed by atoms with Crippen molar-refractivity contribution < 1.29 is 0 Å². The first-order valence-corrected chi connectivity index (χ1v) is 8.16. The third kappa shape index (κ3) is 3.08. The molecule has 1 atom stereocenters. The zero-order valence-corrected chi connectivity index (χ0v) is 13.4. The molecule has 0 radical (unpaired) electrons. The molecule has 3 aromatic rings. The molecular formula is C17H18ClN5. The van der Waals surface area contributed by atoms with Gasteiger partial charge < -0.3 is 5.32 Å². The van der Waals surface area contributed by atoms with Crippen molar-refractivity contribution >= 4 is 17.4 Å². The van der Waals surface area contributed by atoms with E-state index in [2.05, 4.69) is 38.5 Å². The van der Waals surface area contributed by atoms with E-state index in [4.69, 9.17) is 11.6 Å². The van der Waals surface area contributed by atoms with E-state index in [0.717, 1.165) is 42.7 Å². The third-order valence-electron chi connectivity index (χ3n) is 4.24. The number of halogens is 1. The number of aromatic nitrogens is 3. The van der Waals surface area contributed by atoms with Crippen molar-refractivity contribution in [2.75, 3.05) is 19.6 Å². The number of hydrogen-bond acceptors (Lipinski definition) is 4. The lowest BCUT2D eigenvalue weighted by atomic mass is 10.0. The summed E-state index contributed by atoms with van der Waals surface area (Å²) in [6, 6.07) is 10.3. The van der Waals surface area contributed by atoms with Crippen LogP contribution in [0.2, 0.25) is 5.02 Å². The zero-order chi connectivity index (χ0) is 15.6. The van der Waals surface area contributed by atoms with Crippen molar-refractivity contribution in [1.82, 2.24) is 24.6 Å². The van der Waals surface area contributed by atoms with Crippen molar-refractivity contribution in [2.24, 2.45) is 0 Å². The summed E-state index contributed by atoms with van der Waals surface area (Å²) in [4.78, 5) is 11.4. The summed E-state index contributed by atoms with van der Waals surface area (Å²) in [5.74, 6) is 0.747. The van der Waals surface area contributed by atoms with Crippen molar-refractivity contribution in [3.63, 3.8) is 0 Å². The van der Waals surface area contributed by atoms with E-state index < -0.39 is 0 Å². The molecule has 0 spiro atoms. The lowest BCUT2D eigenvalue weighted by Gasteiger charge is -2.36. The lowest BCUT2D eigenvalue weighted by Crippen LogP contribution is -2.45. The first-order valence-electron chi connectivity index (χ1n) is 7.78. The fraction of sp³-hybridized carbons (Fsp3) is 0.294. The molecule has 1 unspecified atom stereocenters. The number of hydrogen-bond donors (Lipinski definition) is 1.